The molecule has 4 aliphatic heterocycles. The SMILES string of the molecule is O=C(CN1C(=O)C2(COc3cc4c(cc32)OCO4)c2ccccc21)N1CCOCC1. The molecule has 0 bridgehead atoms. The number of carbonyl (C=O) groups excluding carboxylic acids is 2. The number of para-hydroxylation sites is 1. The van der Waals surface area contributed by atoms with Crippen LogP contribution in [-0.4, -0.2) is 63.0 Å². The number of carbonyl (C=O) groups is 2. The van der Waals surface area contributed by atoms with Crippen molar-refractivity contribution in [2.24, 2.45) is 0 Å². The van der Waals surface area contributed by atoms with Gasteiger partial charge in [-0.25, -0.2) is 0 Å². The highest BCUT2D eigenvalue weighted by Crippen LogP contribution is 2.54. The Morgan fingerprint density at radius 3 is 2.57 bits per heavy atom. The summed E-state index contributed by atoms with van der Waals surface area (Å²) in [4.78, 5) is 30.1. The lowest BCUT2D eigenvalue weighted by Gasteiger charge is -2.29. The Morgan fingerprint density at radius 1 is 0.967 bits per heavy atom. The van der Waals surface area contributed by atoms with Gasteiger partial charge >= 0.3 is 0 Å². The van der Waals surface area contributed by atoms with Crippen LogP contribution in [0.15, 0.2) is 36.4 Å². The van der Waals surface area contributed by atoms with Gasteiger partial charge in [0.2, 0.25) is 18.6 Å². The Morgan fingerprint density at radius 2 is 1.73 bits per heavy atom. The van der Waals surface area contributed by atoms with Gasteiger partial charge in [-0.15, -0.1) is 0 Å². The lowest BCUT2D eigenvalue weighted by molar-refractivity contribution is -0.135. The van der Waals surface area contributed by atoms with Crippen LogP contribution in [0.25, 0.3) is 0 Å². The van der Waals surface area contributed by atoms with Gasteiger partial charge in [-0.3, -0.25) is 9.59 Å². The summed E-state index contributed by atoms with van der Waals surface area (Å²) in [6.45, 7) is 2.46. The van der Waals surface area contributed by atoms with Crippen LogP contribution in [0.4, 0.5) is 5.69 Å². The third kappa shape index (κ3) is 2.31. The van der Waals surface area contributed by atoms with Crippen LogP contribution in [0.3, 0.4) is 0 Å². The van der Waals surface area contributed by atoms with E-state index >= 15 is 0 Å². The number of benzene rings is 2. The van der Waals surface area contributed by atoms with Crippen LogP contribution in [0, 0.1) is 0 Å². The molecule has 1 saturated heterocycles. The molecule has 1 unspecified atom stereocenters. The number of nitrogens with zero attached hydrogens (tertiary/aromatic N) is 2. The maximum Gasteiger partial charge on any atom is 0.246 e. The first-order chi connectivity index (χ1) is 14.7. The molecule has 30 heavy (non-hydrogen) atoms. The summed E-state index contributed by atoms with van der Waals surface area (Å²) in [6.07, 6.45) is 0. The Bertz CT molecular complexity index is 1060. The van der Waals surface area contributed by atoms with Gasteiger partial charge < -0.3 is 28.7 Å². The smallest absolute Gasteiger partial charge is 0.246 e. The van der Waals surface area contributed by atoms with Gasteiger partial charge in [0.05, 0.1) is 13.2 Å². The molecule has 154 valence electrons. The minimum Gasteiger partial charge on any atom is -0.491 e. The van der Waals surface area contributed by atoms with Gasteiger partial charge in [0.25, 0.3) is 0 Å². The van der Waals surface area contributed by atoms with Crippen molar-refractivity contribution in [3.8, 4) is 17.2 Å². The first kappa shape index (κ1) is 17.6. The van der Waals surface area contributed by atoms with E-state index in [0.717, 1.165) is 16.8 Å². The monoisotopic (exact) mass is 408 g/mol. The van der Waals surface area contributed by atoms with Gasteiger partial charge in [0.15, 0.2) is 11.5 Å². The summed E-state index contributed by atoms with van der Waals surface area (Å²) in [5.74, 6) is 1.60. The topological polar surface area (TPSA) is 77.5 Å². The Hall–Kier alpha value is -3.26. The van der Waals surface area contributed by atoms with Gasteiger partial charge in [-0.1, -0.05) is 18.2 Å². The molecule has 1 fully saturated rings. The molecule has 2 aromatic carbocycles. The number of anilines is 1. The lowest BCUT2D eigenvalue weighted by Crippen LogP contribution is -2.49. The molecule has 1 atom stereocenters. The van der Waals surface area contributed by atoms with E-state index in [0.29, 0.717) is 43.6 Å². The fraction of sp³-hybridized carbons (Fsp3) is 0.364. The van der Waals surface area contributed by atoms with Crippen molar-refractivity contribution in [1.82, 2.24) is 4.90 Å². The predicted octanol–water partition coefficient (Wildman–Crippen LogP) is 1.30. The van der Waals surface area contributed by atoms with E-state index in [1.807, 2.05) is 30.3 Å². The molecule has 0 N–H and O–H groups in total. The minimum absolute atomic E-state index is 0.00250. The molecule has 2 amide bonds. The molecule has 8 nitrogen and oxygen atoms in total. The molecule has 1 spiro atoms. The van der Waals surface area contributed by atoms with Gasteiger partial charge in [-0.05, 0) is 17.7 Å². The second kappa shape index (κ2) is 6.37. The average molecular weight is 408 g/mol. The standard InChI is InChI=1S/C22H20N2O6/c25-20(23-5-7-27-8-6-23)11-24-16-4-2-1-3-14(16)22(21(24)26)12-28-17-10-19-18(9-15(17)22)29-13-30-19/h1-4,9-10H,5-8,11-13H2. The lowest BCUT2D eigenvalue weighted by atomic mass is 9.77. The van der Waals surface area contributed by atoms with E-state index in [1.165, 1.54) is 0 Å². The van der Waals surface area contributed by atoms with Gasteiger partial charge in [0.1, 0.15) is 24.3 Å². The van der Waals surface area contributed by atoms with Crippen LogP contribution in [0.1, 0.15) is 11.1 Å². The molecule has 2 aromatic rings. The molecule has 0 saturated carbocycles. The number of morpholine rings is 1. The van der Waals surface area contributed by atoms with Gasteiger partial charge in [-0.2, -0.15) is 0 Å². The number of hydrogen-bond acceptors (Lipinski definition) is 6. The number of fused-ring (bicyclic) bond motifs is 5. The van der Waals surface area contributed by atoms with E-state index in [1.54, 1.807) is 15.9 Å². The molecule has 6 rings (SSSR count). The summed E-state index contributed by atoms with van der Waals surface area (Å²) < 4.78 is 22.3. The first-order valence-electron chi connectivity index (χ1n) is 10.0. The fourth-order valence-electron chi connectivity index (χ4n) is 4.77. The van der Waals surface area contributed by atoms with Crippen molar-refractivity contribution in [2.75, 3.05) is 51.1 Å². The van der Waals surface area contributed by atoms with E-state index in [2.05, 4.69) is 0 Å². The second-order valence-corrected chi connectivity index (χ2v) is 7.80. The Balaban J connectivity index is 1.41. The normalized spacial score (nSPS) is 23.5. The van der Waals surface area contributed by atoms with E-state index in [4.69, 9.17) is 18.9 Å². The van der Waals surface area contributed by atoms with Gasteiger partial charge in [0, 0.05) is 30.4 Å². The maximum atomic E-state index is 13.8. The fourth-order valence-corrected chi connectivity index (χ4v) is 4.77. The zero-order valence-electron chi connectivity index (χ0n) is 16.3. The summed E-state index contributed by atoms with van der Waals surface area (Å²) in [5, 5.41) is 0. The minimum atomic E-state index is -0.988. The summed E-state index contributed by atoms with van der Waals surface area (Å²) >= 11 is 0. The zero-order valence-corrected chi connectivity index (χ0v) is 16.3. The van der Waals surface area contributed by atoms with Crippen LogP contribution in [0.2, 0.25) is 0 Å². The highest BCUT2D eigenvalue weighted by Gasteiger charge is 2.57. The first-order valence-corrected chi connectivity index (χ1v) is 10.0. The zero-order chi connectivity index (χ0) is 20.3. The van der Waals surface area contributed by atoms with E-state index < -0.39 is 5.41 Å². The number of rotatable bonds is 2. The van der Waals surface area contributed by atoms with Crippen molar-refractivity contribution >= 4 is 17.5 Å². The third-order valence-corrected chi connectivity index (χ3v) is 6.30. The van der Waals surface area contributed by atoms with Crippen molar-refractivity contribution in [2.45, 2.75) is 5.41 Å². The van der Waals surface area contributed by atoms with Crippen molar-refractivity contribution in [3.63, 3.8) is 0 Å². The van der Waals surface area contributed by atoms with E-state index in [9.17, 15) is 9.59 Å². The van der Waals surface area contributed by atoms with Crippen molar-refractivity contribution in [1.29, 1.82) is 0 Å². The molecular formula is C22H20N2O6. The molecule has 4 aliphatic rings. The molecule has 4 heterocycles. The number of ether oxygens (including phenoxy) is 4. The second-order valence-electron chi connectivity index (χ2n) is 7.80. The summed E-state index contributed by atoms with van der Waals surface area (Å²) in [7, 11) is 0. The quantitative estimate of drug-likeness (QED) is 0.746. The Kier molecular flexibility index (Phi) is 3.73. The molecule has 0 aliphatic carbocycles. The molecule has 8 heteroatoms. The van der Waals surface area contributed by atoms with E-state index in [-0.39, 0.29) is 31.8 Å². The summed E-state index contributed by atoms with van der Waals surface area (Å²) in [5.41, 5.74) is 1.37. The highest BCUT2D eigenvalue weighted by molar-refractivity contribution is 6.13. The molecule has 0 radical (unpaired) electrons. The highest BCUT2D eigenvalue weighted by atomic mass is 16.7. The predicted molar refractivity (Wildman–Crippen MR) is 105 cm³/mol. The average Bonchev–Trinajstić information content (AvgIpc) is 3.46. The largest absolute Gasteiger partial charge is 0.491 e. The maximum absolute atomic E-state index is 13.8. The Labute approximate surface area is 172 Å². The van der Waals surface area contributed by atoms with Crippen LogP contribution in [-0.2, 0) is 19.7 Å². The number of amides is 2. The van der Waals surface area contributed by atoms with Crippen LogP contribution < -0.4 is 19.1 Å². The molecular weight excluding hydrogens is 388 g/mol. The summed E-state index contributed by atoms with van der Waals surface area (Å²) in [6, 6.07) is 11.2. The van der Waals surface area contributed by atoms with Crippen LogP contribution >= 0.6 is 0 Å². The van der Waals surface area contributed by atoms with Crippen molar-refractivity contribution in [3.05, 3.63) is 47.5 Å². The third-order valence-electron chi connectivity index (χ3n) is 6.30. The number of hydrogen-bond donors (Lipinski definition) is 0. The van der Waals surface area contributed by atoms with Crippen LogP contribution in [0.5, 0.6) is 17.2 Å². The van der Waals surface area contributed by atoms with Crippen molar-refractivity contribution < 1.29 is 28.5 Å². The molecule has 0 aromatic heterocycles.